The zero-order valence-electron chi connectivity index (χ0n) is 18.4. The molecule has 1 aromatic carbocycles. The van der Waals surface area contributed by atoms with Crippen molar-refractivity contribution in [2.75, 3.05) is 5.73 Å². The first kappa shape index (κ1) is 21.0. The third kappa shape index (κ3) is 3.38. The molecule has 0 atom stereocenters. The molecular weight excluding hydrogens is 430 g/mol. The highest BCUT2D eigenvalue weighted by molar-refractivity contribution is 6.01. The normalized spacial score (nSPS) is 11.6. The van der Waals surface area contributed by atoms with Crippen LogP contribution in [0.3, 0.4) is 0 Å². The third-order valence-corrected chi connectivity index (χ3v) is 5.77. The van der Waals surface area contributed by atoms with Crippen molar-refractivity contribution in [1.82, 2.24) is 24.5 Å². The maximum atomic E-state index is 13.1. The minimum atomic E-state index is -0.769. The summed E-state index contributed by atoms with van der Waals surface area (Å²) in [5.41, 5.74) is 7.56. The molecule has 34 heavy (non-hydrogen) atoms. The Kier molecular flexibility index (Phi) is 4.72. The second kappa shape index (κ2) is 7.64. The number of rotatable bonds is 3. The van der Waals surface area contributed by atoms with Crippen LogP contribution in [0.4, 0.5) is 5.82 Å². The summed E-state index contributed by atoms with van der Waals surface area (Å²) in [6.45, 7) is 3.60. The highest BCUT2D eigenvalue weighted by Crippen LogP contribution is 2.28. The number of nitrogens with zero attached hydrogens (tertiary/aromatic N) is 5. The number of aromatic nitrogens is 5. The van der Waals surface area contributed by atoms with Crippen LogP contribution in [0.2, 0.25) is 0 Å². The first-order valence-electron chi connectivity index (χ1n) is 10.5. The smallest absolute Gasteiger partial charge is 0.333 e. The van der Waals surface area contributed by atoms with Crippen LogP contribution < -0.4 is 17.0 Å². The molecular formula is C25H19N7O2. The topological polar surface area (TPSA) is 143 Å². The maximum absolute atomic E-state index is 13.1. The van der Waals surface area contributed by atoms with E-state index in [4.69, 9.17) is 10.7 Å². The number of fused-ring (bicyclic) bond motifs is 3. The third-order valence-electron chi connectivity index (χ3n) is 5.77. The van der Waals surface area contributed by atoms with E-state index >= 15 is 0 Å². The van der Waals surface area contributed by atoms with Crippen LogP contribution in [-0.4, -0.2) is 24.5 Å². The van der Waals surface area contributed by atoms with Crippen LogP contribution in [-0.2, 0) is 5.41 Å². The predicted molar refractivity (Wildman–Crippen MR) is 130 cm³/mol. The Morgan fingerprint density at radius 3 is 2.62 bits per heavy atom. The molecule has 0 spiro atoms. The zero-order chi connectivity index (χ0) is 24.0. The number of anilines is 1. The Balaban J connectivity index is 1.87. The summed E-state index contributed by atoms with van der Waals surface area (Å²) in [5, 5.41) is 9.79. The van der Waals surface area contributed by atoms with Crippen LogP contribution >= 0.6 is 0 Å². The van der Waals surface area contributed by atoms with Gasteiger partial charge in [-0.3, -0.25) is 19.3 Å². The number of benzene rings is 1. The molecule has 4 heterocycles. The number of nitrogen functional groups attached to an aromatic ring is 1. The maximum Gasteiger partial charge on any atom is 0.333 e. The molecule has 0 aliphatic heterocycles. The van der Waals surface area contributed by atoms with Gasteiger partial charge in [-0.25, -0.2) is 14.8 Å². The molecule has 0 radical (unpaired) electrons. The molecule has 9 heteroatoms. The van der Waals surface area contributed by atoms with Gasteiger partial charge in [0.05, 0.1) is 39.3 Å². The van der Waals surface area contributed by atoms with E-state index in [2.05, 4.69) is 21.0 Å². The van der Waals surface area contributed by atoms with Gasteiger partial charge in [0.1, 0.15) is 11.3 Å². The molecule has 9 nitrogen and oxygen atoms in total. The molecule has 0 amide bonds. The van der Waals surface area contributed by atoms with Gasteiger partial charge in [-0.1, -0.05) is 12.1 Å². The summed E-state index contributed by atoms with van der Waals surface area (Å²) in [5.74, 6) is 0.386. The minimum Gasteiger partial charge on any atom is -0.384 e. The molecule has 0 bridgehead atoms. The van der Waals surface area contributed by atoms with Gasteiger partial charge < -0.3 is 5.73 Å². The average Bonchev–Trinajstić information content (AvgIpc) is 2.84. The van der Waals surface area contributed by atoms with E-state index in [1.165, 1.54) is 10.8 Å². The van der Waals surface area contributed by atoms with E-state index in [0.717, 1.165) is 11.1 Å². The van der Waals surface area contributed by atoms with Crippen LogP contribution in [0.1, 0.15) is 19.4 Å². The summed E-state index contributed by atoms with van der Waals surface area (Å²) in [4.78, 5) is 41.4. The van der Waals surface area contributed by atoms with Crippen LogP contribution in [0.25, 0.3) is 38.9 Å². The summed E-state index contributed by atoms with van der Waals surface area (Å²) in [6, 6.07) is 16.4. The number of hydrogen-bond acceptors (Lipinski definition) is 7. The lowest BCUT2D eigenvalue weighted by Crippen LogP contribution is -2.30. The standard InChI is InChI=1S/C25H19N7O2/c1-25(2,13-26)15-4-3-5-16(10-15)32-22-17(23(33)31-24(32)34)12-28-19-8-7-18(30-21(19)22)14-6-9-20(27)29-11-14/h3-12H,1-2H3,(H2,27,29)(H,31,33,34). The second-order valence-corrected chi connectivity index (χ2v) is 8.44. The van der Waals surface area contributed by atoms with E-state index in [-0.39, 0.29) is 5.39 Å². The van der Waals surface area contributed by atoms with Gasteiger partial charge in [0.2, 0.25) is 0 Å². The lowest BCUT2D eigenvalue weighted by molar-refractivity contribution is 0.686. The fourth-order valence-electron chi connectivity index (χ4n) is 3.83. The van der Waals surface area contributed by atoms with Gasteiger partial charge >= 0.3 is 5.69 Å². The van der Waals surface area contributed by atoms with Crippen LogP contribution in [0.5, 0.6) is 0 Å². The number of nitrogens with two attached hydrogens (primary N) is 1. The lowest BCUT2D eigenvalue weighted by atomic mass is 9.86. The molecule has 0 fully saturated rings. The van der Waals surface area contributed by atoms with E-state index < -0.39 is 16.7 Å². The molecule has 166 valence electrons. The fourth-order valence-corrected chi connectivity index (χ4v) is 3.83. The first-order valence-corrected chi connectivity index (χ1v) is 10.5. The first-order chi connectivity index (χ1) is 16.3. The molecule has 0 saturated heterocycles. The van der Waals surface area contributed by atoms with Gasteiger partial charge in [-0.05, 0) is 55.8 Å². The molecule has 4 aromatic heterocycles. The van der Waals surface area contributed by atoms with Crippen LogP contribution in [0.15, 0.2) is 70.5 Å². The molecule has 3 N–H and O–H groups in total. The highest BCUT2D eigenvalue weighted by atomic mass is 16.2. The zero-order valence-corrected chi connectivity index (χ0v) is 18.4. The number of hydrogen-bond donors (Lipinski definition) is 2. The summed E-state index contributed by atoms with van der Waals surface area (Å²) >= 11 is 0. The monoisotopic (exact) mass is 449 g/mol. The average molecular weight is 449 g/mol. The van der Waals surface area contributed by atoms with Crippen molar-refractivity contribution in [1.29, 1.82) is 5.26 Å². The minimum absolute atomic E-state index is 0.220. The van der Waals surface area contributed by atoms with Crippen molar-refractivity contribution in [2.45, 2.75) is 19.3 Å². The molecule has 0 unspecified atom stereocenters. The van der Waals surface area contributed by atoms with Gasteiger partial charge in [0, 0.05) is 18.0 Å². The Morgan fingerprint density at radius 2 is 1.88 bits per heavy atom. The van der Waals surface area contributed by atoms with Crippen molar-refractivity contribution in [2.24, 2.45) is 0 Å². The molecule has 0 aliphatic carbocycles. The second-order valence-electron chi connectivity index (χ2n) is 8.44. The van der Waals surface area contributed by atoms with E-state index in [9.17, 15) is 14.9 Å². The summed E-state index contributed by atoms with van der Waals surface area (Å²) in [6.07, 6.45) is 3.04. The van der Waals surface area contributed by atoms with Crippen LogP contribution in [0, 0.1) is 11.3 Å². The quantitative estimate of drug-likeness (QED) is 0.403. The number of H-pyrrole nitrogens is 1. The Labute approximate surface area is 193 Å². The van der Waals surface area contributed by atoms with Gasteiger partial charge in [0.25, 0.3) is 5.56 Å². The fraction of sp³-hybridized carbons (Fsp3) is 0.120. The van der Waals surface area contributed by atoms with Gasteiger partial charge in [0.15, 0.2) is 0 Å². The van der Waals surface area contributed by atoms with Crippen molar-refractivity contribution in [3.63, 3.8) is 0 Å². The Bertz CT molecular complexity index is 1740. The van der Waals surface area contributed by atoms with Crippen molar-refractivity contribution in [3.05, 3.63) is 87.3 Å². The molecule has 0 saturated carbocycles. The number of pyridine rings is 3. The van der Waals surface area contributed by atoms with Crippen molar-refractivity contribution in [3.8, 4) is 23.0 Å². The van der Waals surface area contributed by atoms with Gasteiger partial charge in [-0.2, -0.15) is 5.26 Å². The Hall–Kier alpha value is -4.84. The van der Waals surface area contributed by atoms with E-state index in [1.807, 2.05) is 6.07 Å². The number of nitriles is 1. The largest absolute Gasteiger partial charge is 0.384 e. The van der Waals surface area contributed by atoms with E-state index in [1.54, 1.807) is 62.5 Å². The SMILES string of the molecule is CC(C)(C#N)c1cccc(-n2c(=O)[nH]c(=O)c3cnc4ccc(-c5ccc(N)nc5)nc4c32)c1. The highest BCUT2D eigenvalue weighted by Gasteiger charge is 2.21. The van der Waals surface area contributed by atoms with Gasteiger partial charge in [-0.15, -0.1) is 0 Å². The number of aromatic amines is 1. The van der Waals surface area contributed by atoms with Crippen molar-refractivity contribution >= 4 is 27.8 Å². The lowest BCUT2D eigenvalue weighted by Gasteiger charge is -2.18. The summed E-state index contributed by atoms with van der Waals surface area (Å²) < 4.78 is 1.40. The molecule has 0 aliphatic rings. The molecule has 5 rings (SSSR count). The Morgan fingerprint density at radius 1 is 1.06 bits per heavy atom. The molecule has 5 aromatic rings. The number of nitrogens with one attached hydrogen (secondary N) is 1. The summed E-state index contributed by atoms with van der Waals surface area (Å²) in [7, 11) is 0. The van der Waals surface area contributed by atoms with Crippen molar-refractivity contribution < 1.29 is 0 Å². The van der Waals surface area contributed by atoms with E-state index in [0.29, 0.717) is 33.7 Å². The predicted octanol–water partition coefficient (Wildman–Crippen LogP) is 3.07.